The molecular formula is C16H14N2O4S. The van der Waals surface area contributed by atoms with Crippen molar-refractivity contribution in [3.8, 4) is 0 Å². The van der Waals surface area contributed by atoms with Crippen LogP contribution < -0.4 is 5.63 Å². The molecule has 0 unspecified atom stereocenters. The molecule has 0 atom stereocenters. The van der Waals surface area contributed by atoms with Gasteiger partial charge in [-0.25, -0.2) is 4.79 Å². The van der Waals surface area contributed by atoms with E-state index in [0.717, 1.165) is 11.8 Å². The maximum atomic E-state index is 12.3. The van der Waals surface area contributed by atoms with Crippen LogP contribution >= 0.6 is 11.8 Å². The van der Waals surface area contributed by atoms with Crippen molar-refractivity contribution in [2.75, 3.05) is 5.75 Å². The van der Waals surface area contributed by atoms with E-state index >= 15 is 0 Å². The minimum absolute atomic E-state index is 0.0276. The highest BCUT2D eigenvalue weighted by Gasteiger charge is 2.16. The molecule has 23 heavy (non-hydrogen) atoms. The summed E-state index contributed by atoms with van der Waals surface area (Å²) in [4.78, 5) is 24.2. The maximum absolute atomic E-state index is 12.3. The zero-order valence-corrected chi connectivity index (χ0v) is 13.4. The number of hydrogen-bond donors (Lipinski definition) is 0. The number of thioether (sulfide) groups is 1. The van der Waals surface area contributed by atoms with Crippen molar-refractivity contribution in [1.29, 1.82) is 0 Å². The van der Waals surface area contributed by atoms with Gasteiger partial charge < -0.3 is 8.83 Å². The van der Waals surface area contributed by atoms with E-state index in [0.29, 0.717) is 22.1 Å². The molecule has 2 aromatic heterocycles. The second-order valence-electron chi connectivity index (χ2n) is 5.26. The minimum Gasteiger partial charge on any atom is -0.422 e. The number of aromatic nitrogens is 2. The highest BCUT2D eigenvalue weighted by molar-refractivity contribution is 7.99. The number of fused-ring (bicyclic) bond motifs is 1. The summed E-state index contributed by atoms with van der Waals surface area (Å²) < 4.78 is 10.6. The first-order valence-corrected chi connectivity index (χ1v) is 8.05. The molecule has 3 rings (SSSR count). The second kappa shape index (κ2) is 6.37. The van der Waals surface area contributed by atoms with Crippen molar-refractivity contribution in [2.24, 2.45) is 0 Å². The Hall–Kier alpha value is -2.41. The average molecular weight is 330 g/mol. The topological polar surface area (TPSA) is 86.2 Å². The van der Waals surface area contributed by atoms with Crippen molar-refractivity contribution < 1.29 is 13.6 Å². The smallest absolute Gasteiger partial charge is 0.347 e. The number of hydrogen-bond acceptors (Lipinski definition) is 7. The number of carbonyl (C=O) groups is 1. The van der Waals surface area contributed by atoms with Gasteiger partial charge in [-0.05, 0) is 12.1 Å². The summed E-state index contributed by atoms with van der Waals surface area (Å²) in [5, 5.41) is 8.78. The molecule has 0 aliphatic carbocycles. The van der Waals surface area contributed by atoms with Gasteiger partial charge in [0.25, 0.3) is 5.22 Å². The lowest BCUT2D eigenvalue weighted by molar-refractivity contribution is 0.101. The van der Waals surface area contributed by atoms with E-state index in [2.05, 4.69) is 10.2 Å². The fraction of sp³-hybridized carbons (Fsp3) is 0.250. The summed E-state index contributed by atoms with van der Waals surface area (Å²) >= 11 is 1.11. The monoisotopic (exact) mass is 330 g/mol. The summed E-state index contributed by atoms with van der Waals surface area (Å²) in [5.41, 5.74) is -0.150. The Bertz CT molecular complexity index is 914. The molecule has 0 radical (unpaired) electrons. The van der Waals surface area contributed by atoms with Gasteiger partial charge in [0.2, 0.25) is 5.89 Å². The second-order valence-corrected chi connectivity index (χ2v) is 6.18. The standard InChI is InChI=1S/C16H14N2O4S/c1-9(2)14-17-18-16(22-14)23-8-12(19)11-7-10-5-3-4-6-13(10)21-15(11)20/h3-7,9H,8H2,1-2H3. The van der Waals surface area contributed by atoms with Crippen LogP contribution in [0.1, 0.15) is 36.0 Å². The highest BCUT2D eigenvalue weighted by Crippen LogP contribution is 2.21. The SMILES string of the molecule is CC(C)c1nnc(SCC(=O)c2cc3ccccc3oc2=O)o1. The molecule has 0 saturated heterocycles. The van der Waals surface area contributed by atoms with Crippen LogP contribution in [0.4, 0.5) is 0 Å². The third-order valence-electron chi connectivity index (χ3n) is 3.18. The third kappa shape index (κ3) is 3.34. The predicted molar refractivity (Wildman–Crippen MR) is 85.9 cm³/mol. The summed E-state index contributed by atoms with van der Waals surface area (Å²) in [6.07, 6.45) is 0. The molecule has 118 valence electrons. The van der Waals surface area contributed by atoms with Crippen molar-refractivity contribution in [2.45, 2.75) is 25.0 Å². The number of carbonyl (C=O) groups excluding carboxylic acids is 1. The van der Waals surface area contributed by atoms with E-state index in [1.54, 1.807) is 24.3 Å². The summed E-state index contributed by atoms with van der Waals surface area (Å²) in [7, 11) is 0. The minimum atomic E-state index is -0.636. The van der Waals surface area contributed by atoms with Crippen LogP contribution in [0.2, 0.25) is 0 Å². The third-order valence-corrected chi connectivity index (χ3v) is 4.00. The van der Waals surface area contributed by atoms with Crippen LogP contribution in [-0.2, 0) is 0 Å². The molecule has 7 heteroatoms. The lowest BCUT2D eigenvalue weighted by Crippen LogP contribution is -2.15. The largest absolute Gasteiger partial charge is 0.422 e. The fourth-order valence-electron chi connectivity index (χ4n) is 1.97. The van der Waals surface area contributed by atoms with Crippen LogP contribution in [0.25, 0.3) is 11.0 Å². The molecule has 2 heterocycles. The van der Waals surface area contributed by atoms with Gasteiger partial charge in [0.15, 0.2) is 5.78 Å². The Morgan fingerprint density at radius 1 is 1.22 bits per heavy atom. The van der Waals surface area contributed by atoms with Gasteiger partial charge in [0.1, 0.15) is 11.1 Å². The van der Waals surface area contributed by atoms with Gasteiger partial charge in [-0.1, -0.05) is 43.8 Å². The first-order valence-electron chi connectivity index (χ1n) is 7.07. The van der Waals surface area contributed by atoms with Crippen LogP contribution in [-0.4, -0.2) is 21.7 Å². The number of nitrogens with zero attached hydrogens (tertiary/aromatic N) is 2. The van der Waals surface area contributed by atoms with E-state index in [1.165, 1.54) is 0 Å². The lowest BCUT2D eigenvalue weighted by atomic mass is 10.1. The fourth-order valence-corrected chi connectivity index (χ4v) is 2.63. The molecule has 0 fully saturated rings. The van der Waals surface area contributed by atoms with Gasteiger partial charge in [-0.15, -0.1) is 10.2 Å². The Kier molecular flexibility index (Phi) is 4.29. The summed E-state index contributed by atoms with van der Waals surface area (Å²) in [6.45, 7) is 3.88. The van der Waals surface area contributed by atoms with Crippen molar-refractivity contribution in [1.82, 2.24) is 10.2 Å². The number of ketones is 1. The number of para-hydroxylation sites is 1. The van der Waals surface area contributed by atoms with Crippen LogP contribution in [0.15, 0.2) is 49.2 Å². The summed E-state index contributed by atoms with van der Waals surface area (Å²) in [6, 6.07) is 8.61. The van der Waals surface area contributed by atoms with Gasteiger partial charge in [-0.3, -0.25) is 4.79 Å². The van der Waals surface area contributed by atoms with E-state index in [-0.39, 0.29) is 23.0 Å². The molecule has 0 bridgehead atoms. The van der Waals surface area contributed by atoms with Crippen molar-refractivity contribution in [3.05, 3.63) is 52.2 Å². The van der Waals surface area contributed by atoms with Crippen LogP contribution in [0.5, 0.6) is 0 Å². The molecule has 0 spiro atoms. The van der Waals surface area contributed by atoms with Gasteiger partial charge >= 0.3 is 5.63 Å². The molecule has 1 aromatic carbocycles. The Morgan fingerprint density at radius 3 is 2.74 bits per heavy atom. The molecule has 3 aromatic rings. The van der Waals surface area contributed by atoms with Gasteiger partial charge in [-0.2, -0.15) is 0 Å². The average Bonchev–Trinajstić information content (AvgIpc) is 3.01. The summed E-state index contributed by atoms with van der Waals surface area (Å²) in [5.74, 6) is 0.340. The first-order chi connectivity index (χ1) is 11.0. The number of rotatable bonds is 5. The van der Waals surface area contributed by atoms with Crippen LogP contribution in [0.3, 0.4) is 0 Å². The Balaban J connectivity index is 1.77. The van der Waals surface area contributed by atoms with Crippen LogP contribution in [0, 0.1) is 0 Å². The molecular weight excluding hydrogens is 316 g/mol. The van der Waals surface area contributed by atoms with Crippen molar-refractivity contribution >= 4 is 28.5 Å². The molecule has 0 aliphatic heterocycles. The van der Waals surface area contributed by atoms with E-state index in [1.807, 2.05) is 19.9 Å². The van der Waals surface area contributed by atoms with Gasteiger partial charge in [0.05, 0.1) is 5.75 Å². The van der Waals surface area contributed by atoms with Gasteiger partial charge in [0, 0.05) is 11.3 Å². The zero-order valence-electron chi connectivity index (χ0n) is 12.6. The zero-order chi connectivity index (χ0) is 16.4. The van der Waals surface area contributed by atoms with E-state index in [9.17, 15) is 9.59 Å². The lowest BCUT2D eigenvalue weighted by Gasteiger charge is -2.00. The molecule has 0 saturated carbocycles. The maximum Gasteiger partial charge on any atom is 0.347 e. The van der Waals surface area contributed by atoms with E-state index < -0.39 is 5.63 Å². The Labute approximate surface area is 135 Å². The molecule has 0 aliphatic rings. The van der Waals surface area contributed by atoms with E-state index in [4.69, 9.17) is 8.83 Å². The first kappa shape index (κ1) is 15.5. The Morgan fingerprint density at radius 2 is 2.00 bits per heavy atom. The number of Topliss-reactive ketones (excluding diaryl/α,β-unsaturated/α-hetero) is 1. The quantitative estimate of drug-likeness (QED) is 0.403. The molecule has 0 N–H and O–H groups in total. The number of benzene rings is 1. The predicted octanol–water partition coefficient (Wildman–Crippen LogP) is 3.27. The normalized spacial score (nSPS) is 11.3. The molecule has 0 amide bonds. The van der Waals surface area contributed by atoms with Crippen molar-refractivity contribution in [3.63, 3.8) is 0 Å². The highest BCUT2D eigenvalue weighted by atomic mass is 32.2. The molecule has 6 nitrogen and oxygen atoms in total.